The van der Waals surface area contributed by atoms with E-state index in [0.717, 1.165) is 17.0 Å². The Labute approximate surface area is 179 Å². The summed E-state index contributed by atoms with van der Waals surface area (Å²) >= 11 is 0. The van der Waals surface area contributed by atoms with Gasteiger partial charge in [0.2, 0.25) is 5.95 Å². The van der Waals surface area contributed by atoms with Crippen molar-refractivity contribution in [3.63, 3.8) is 0 Å². The second-order valence-corrected chi connectivity index (χ2v) is 5.53. The molecule has 0 bridgehead atoms. The highest BCUT2D eigenvalue weighted by Gasteiger charge is 2.25. The Morgan fingerprint density at radius 1 is 1.29 bits per heavy atom. The molecule has 0 radical (unpaired) electrons. The number of hydrogen-bond acceptors (Lipinski definition) is 8. The number of benzene rings is 1. The third-order valence-corrected chi connectivity index (χ3v) is 3.90. The van der Waals surface area contributed by atoms with Crippen molar-refractivity contribution >= 4 is 28.6 Å². The number of hydrogen-bond donors (Lipinski definition) is 1. The largest absolute Gasteiger partial charge is 0.493 e. The predicted molar refractivity (Wildman–Crippen MR) is 104 cm³/mol. The Morgan fingerprint density at radius 2 is 2.04 bits per heavy atom. The molecule has 1 saturated heterocycles. The van der Waals surface area contributed by atoms with Crippen LogP contribution in [-0.4, -0.2) is 60.9 Å². The van der Waals surface area contributed by atoms with Crippen molar-refractivity contribution in [2.45, 2.75) is 0 Å². The summed E-state index contributed by atoms with van der Waals surface area (Å²) in [5, 5.41) is 0.0175. The molecule has 4 rings (SSSR count). The van der Waals surface area contributed by atoms with Crippen molar-refractivity contribution in [2.24, 2.45) is 0 Å². The topological polar surface area (TPSA) is 107 Å². The summed E-state index contributed by atoms with van der Waals surface area (Å²) in [7, 11) is -5.99. The van der Waals surface area contributed by atoms with Gasteiger partial charge in [0, 0.05) is 37.5 Å². The Kier molecular flexibility index (Phi) is 2.14. The van der Waals surface area contributed by atoms with Gasteiger partial charge in [-0.1, -0.05) is 0 Å². The van der Waals surface area contributed by atoms with Gasteiger partial charge in [-0.2, -0.15) is 4.98 Å². The number of rotatable bonds is 4. The highest BCUT2D eigenvalue weighted by molar-refractivity contribution is 5.92. The summed E-state index contributed by atoms with van der Waals surface area (Å²) in [6.45, 7) is -6.97. The smallest absolute Gasteiger partial charge is 0.289 e. The van der Waals surface area contributed by atoms with Gasteiger partial charge in [-0.15, -0.1) is 0 Å². The number of piperazine rings is 1. The van der Waals surface area contributed by atoms with Crippen LogP contribution in [0.2, 0.25) is 0 Å². The molecule has 2 aromatic heterocycles. The zero-order chi connectivity index (χ0) is 30.9. The van der Waals surface area contributed by atoms with Gasteiger partial charge < -0.3 is 29.4 Å². The molecule has 2 N–H and O–H groups in total. The molecule has 0 atom stereocenters. The van der Waals surface area contributed by atoms with Crippen LogP contribution in [0.4, 0.5) is 11.8 Å². The number of methoxy groups -OCH3 is 2. The normalized spacial score (nSPS) is 25.6. The number of carbonyl (C=O) groups is 1. The minimum absolute atomic E-state index is 0.0175. The summed E-state index contributed by atoms with van der Waals surface area (Å²) in [5.74, 6) is -3.87. The third kappa shape index (κ3) is 3.15. The van der Waals surface area contributed by atoms with E-state index in [1.807, 2.05) is 0 Å². The van der Waals surface area contributed by atoms with Crippen LogP contribution in [-0.2, 0) is 0 Å². The van der Waals surface area contributed by atoms with Gasteiger partial charge in [-0.25, -0.2) is 4.98 Å². The zero-order valence-corrected chi connectivity index (χ0v) is 14.1. The van der Waals surface area contributed by atoms with E-state index >= 15 is 0 Å². The maximum atomic E-state index is 13.1. The van der Waals surface area contributed by atoms with Gasteiger partial charge in [0.05, 0.1) is 42.3 Å². The van der Waals surface area contributed by atoms with Crippen LogP contribution in [0.25, 0.3) is 10.9 Å². The van der Waals surface area contributed by atoms with Crippen LogP contribution in [0.15, 0.2) is 34.9 Å². The number of aromatic nitrogens is 2. The van der Waals surface area contributed by atoms with E-state index in [-0.39, 0.29) is 27.6 Å². The lowest BCUT2D eigenvalue weighted by molar-refractivity contribution is 0.0714. The maximum absolute atomic E-state index is 13.1. The zero-order valence-electron chi connectivity index (χ0n) is 27.1. The second-order valence-electron chi connectivity index (χ2n) is 5.53. The van der Waals surface area contributed by atoms with E-state index in [1.165, 1.54) is 0 Å². The fourth-order valence-electron chi connectivity index (χ4n) is 2.54. The molecule has 3 aromatic rings. The molecule has 1 aliphatic heterocycles. The molecule has 0 aliphatic carbocycles. The summed E-state index contributed by atoms with van der Waals surface area (Å²) in [4.78, 5) is 22.6. The van der Waals surface area contributed by atoms with E-state index in [0.29, 0.717) is 0 Å². The highest BCUT2D eigenvalue weighted by Crippen LogP contribution is 2.34. The average Bonchev–Trinajstić information content (AvgIpc) is 3.03. The molecular weight excluding hydrogens is 362 g/mol. The first-order valence-electron chi connectivity index (χ1n) is 14.3. The van der Waals surface area contributed by atoms with E-state index < -0.39 is 81.6 Å². The molecule has 0 unspecified atom stereocenters. The van der Waals surface area contributed by atoms with Gasteiger partial charge in [0.15, 0.2) is 17.3 Å². The lowest BCUT2D eigenvalue weighted by atomic mass is 10.2. The van der Waals surface area contributed by atoms with Crippen LogP contribution in [0, 0.1) is 0 Å². The predicted octanol–water partition coefficient (Wildman–Crippen LogP) is 1.78. The monoisotopic (exact) mass is 396 g/mol. The minimum Gasteiger partial charge on any atom is -0.493 e. The highest BCUT2D eigenvalue weighted by atomic mass is 16.5. The van der Waals surface area contributed by atoms with Crippen molar-refractivity contribution in [1.82, 2.24) is 14.9 Å². The lowest BCUT2D eigenvalue weighted by Gasteiger charge is -2.34. The van der Waals surface area contributed by atoms with Crippen molar-refractivity contribution in [2.75, 3.05) is 50.8 Å². The van der Waals surface area contributed by atoms with Gasteiger partial charge in [-0.05, 0) is 18.2 Å². The molecular formula is C19H21N5O4. The standard InChI is InChI=1S/C19H21N5O4/c1-26-15-10-12-13(11-16(15)27-2)21-19(22-17(12)20)24-7-5-23(6-8-24)18(25)14-4-3-9-28-14/h3-4,9-11H,5-8H2,1-2H3,(H2,20,21,22)/i1D3,2D3,3D,4D,5D2,6D2,9D. The van der Waals surface area contributed by atoms with E-state index in [1.54, 1.807) is 0 Å². The first-order chi connectivity index (χ1) is 18.6. The molecule has 9 nitrogen and oxygen atoms in total. The Bertz CT molecular complexity index is 1500. The number of furan rings is 1. The fraction of sp³-hybridized carbons (Fsp3) is 0.316. The third-order valence-electron chi connectivity index (χ3n) is 3.90. The van der Waals surface area contributed by atoms with Crippen LogP contribution in [0.5, 0.6) is 11.5 Å². The summed E-state index contributed by atoms with van der Waals surface area (Å²) < 4.78 is 115. The van der Waals surface area contributed by atoms with E-state index in [4.69, 9.17) is 37.4 Å². The molecule has 0 saturated carbocycles. The van der Waals surface area contributed by atoms with Gasteiger partial charge in [0.1, 0.15) is 7.19 Å². The van der Waals surface area contributed by atoms with Crippen molar-refractivity contribution < 1.29 is 36.5 Å². The van der Waals surface area contributed by atoms with Crippen LogP contribution >= 0.6 is 0 Å². The number of ether oxygens (including phenoxy) is 2. The first-order valence-corrected chi connectivity index (χ1v) is 7.75. The van der Waals surface area contributed by atoms with Crippen LogP contribution < -0.4 is 20.1 Å². The van der Waals surface area contributed by atoms with Crippen molar-refractivity contribution in [3.05, 3.63) is 36.2 Å². The summed E-state index contributed by atoms with van der Waals surface area (Å²) in [6, 6.07) is 0.565. The Hall–Kier alpha value is -3.49. The van der Waals surface area contributed by atoms with Gasteiger partial charge >= 0.3 is 0 Å². The molecule has 28 heavy (non-hydrogen) atoms. The molecule has 3 heterocycles. The fourth-order valence-corrected chi connectivity index (χ4v) is 2.54. The molecule has 1 aliphatic rings. The van der Waals surface area contributed by atoms with Crippen molar-refractivity contribution in [1.29, 1.82) is 0 Å². The Balaban J connectivity index is 1.75. The van der Waals surface area contributed by atoms with Gasteiger partial charge in [-0.3, -0.25) is 4.79 Å². The van der Waals surface area contributed by atoms with E-state index in [9.17, 15) is 4.79 Å². The van der Waals surface area contributed by atoms with Crippen LogP contribution in [0.3, 0.4) is 0 Å². The number of amides is 1. The van der Waals surface area contributed by atoms with Gasteiger partial charge in [0.25, 0.3) is 5.91 Å². The summed E-state index contributed by atoms with van der Waals surface area (Å²) in [6.07, 6.45) is -0.813. The lowest BCUT2D eigenvalue weighted by Crippen LogP contribution is -2.49. The summed E-state index contributed by atoms with van der Waals surface area (Å²) in [5.41, 5.74) is 5.97. The molecule has 9 heteroatoms. The SMILES string of the molecule is [2H]c1oc(C(=O)N2C([2H])([2H])CN(c3nc(N)c4cc(OC([2H])([2H])[2H])c(OC([2H])([2H])[2H])cc4n3)CC2([2H])[2H])c([2H])c1[2H]. The number of nitrogen functional groups attached to an aromatic ring is 1. The molecule has 1 amide bonds. The first kappa shape index (κ1) is 8.26. The number of nitrogens with two attached hydrogens (primary N) is 1. The second kappa shape index (κ2) is 7.26. The Morgan fingerprint density at radius 3 is 2.71 bits per heavy atom. The number of carbonyl (C=O) groups excluding carboxylic acids is 1. The van der Waals surface area contributed by atoms with E-state index in [2.05, 4.69) is 9.97 Å². The minimum atomic E-state index is -3.01. The van der Waals surface area contributed by atoms with Crippen molar-refractivity contribution in [3.8, 4) is 11.5 Å². The average molecular weight is 396 g/mol. The number of nitrogens with zero attached hydrogens (tertiary/aromatic N) is 4. The number of fused-ring (bicyclic) bond motifs is 1. The molecule has 1 fully saturated rings. The number of anilines is 2. The molecule has 146 valence electrons. The maximum Gasteiger partial charge on any atom is 0.289 e. The molecule has 0 spiro atoms. The quantitative estimate of drug-likeness (QED) is 0.711. The van der Waals surface area contributed by atoms with Crippen LogP contribution in [0.1, 0.15) is 28.4 Å². The molecule has 1 aromatic carbocycles.